The number of benzene rings is 2. The molecular weight excluding hydrogens is 380 g/mol. The minimum atomic E-state index is -3.76. The molecular formula is C20H22N2O5S. The van der Waals surface area contributed by atoms with Gasteiger partial charge in [-0.25, -0.2) is 8.42 Å². The molecule has 0 saturated carbocycles. The van der Waals surface area contributed by atoms with E-state index in [0.717, 1.165) is 12.8 Å². The normalized spacial score (nSPS) is 22.5. The zero-order chi connectivity index (χ0) is 19.9. The quantitative estimate of drug-likeness (QED) is 0.826. The number of para-hydroxylation sites is 1. The standard InChI is InChI=1S/C20H22N2O5S/c1-21-18-10-9-16(12-17(18)19(23)20(21)24)28(25,26)22-11-5-6-14(22)13-27-15-7-3-2-4-8-15/h2-4,7-10,12,14,19,23H,5-6,11,13H2,1H3/t14-,19-/m0/s1. The van der Waals surface area contributed by atoms with Gasteiger partial charge in [-0.3, -0.25) is 4.79 Å². The summed E-state index contributed by atoms with van der Waals surface area (Å²) in [6, 6.07) is 13.5. The van der Waals surface area contributed by atoms with Crippen molar-refractivity contribution in [2.45, 2.75) is 29.9 Å². The van der Waals surface area contributed by atoms with Crippen LogP contribution in [-0.4, -0.2) is 50.0 Å². The van der Waals surface area contributed by atoms with Crippen LogP contribution in [-0.2, 0) is 14.8 Å². The van der Waals surface area contributed by atoms with Gasteiger partial charge in [0, 0.05) is 24.8 Å². The first-order chi connectivity index (χ1) is 13.4. The number of carbonyl (C=O) groups is 1. The van der Waals surface area contributed by atoms with Crippen LogP contribution < -0.4 is 9.64 Å². The Labute approximate surface area is 164 Å². The van der Waals surface area contributed by atoms with E-state index in [0.29, 0.717) is 23.5 Å². The summed E-state index contributed by atoms with van der Waals surface area (Å²) in [5.74, 6) is 0.244. The summed E-state index contributed by atoms with van der Waals surface area (Å²) < 4.78 is 33.7. The maximum atomic E-state index is 13.2. The van der Waals surface area contributed by atoms with E-state index in [1.54, 1.807) is 13.1 Å². The van der Waals surface area contributed by atoms with Gasteiger partial charge in [0.05, 0.1) is 10.9 Å². The lowest BCUT2D eigenvalue weighted by Crippen LogP contribution is -2.39. The topological polar surface area (TPSA) is 87.2 Å². The molecule has 1 saturated heterocycles. The van der Waals surface area contributed by atoms with Crippen LogP contribution in [0.3, 0.4) is 0 Å². The zero-order valence-corrected chi connectivity index (χ0v) is 16.3. The van der Waals surface area contributed by atoms with E-state index in [9.17, 15) is 18.3 Å². The fourth-order valence-corrected chi connectivity index (χ4v) is 5.50. The number of carbonyl (C=O) groups excluding carboxylic acids is 1. The van der Waals surface area contributed by atoms with Crippen LogP contribution in [0.25, 0.3) is 0 Å². The van der Waals surface area contributed by atoms with Crippen LogP contribution >= 0.6 is 0 Å². The Hall–Kier alpha value is -2.42. The van der Waals surface area contributed by atoms with Gasteiger partial charge in [-0.15, -0.1) is 0 Å². The summed E-state index contributed by atoms with van der Waals surface area (Å²) >= 11 is 0. The van der Waals surface area contributed by atoms with Crippen molar-refractivity contribution in [2.24, 2.45) is 0 Å². The second-order valence-electron chi connectivity index (χ2n) is 7.06. The lowest BCUT2D eigenvalue weighted by atomic mass is 10.1. The van der Waals surface area contributed by atoms with Crippen LogP contribution in [0.2, 0.25) is 0 Å². The number of fused-ring (bicyclic) bond motifs is 1. The fraction of sp³-hybridized carbons (Fsp3) is 0.350. The van der Waals surface area contributed by atoms with Crippen molar-refractivity contribution in [3.05, 3.63) is 54.1 Å². The van der Waals surface area contributed by atoms with Crippen LogP contribution in [0.15, 0.2) is 53.4 Å². The minimum absolute atomic E-state index is 0.0833. The molecule has 2 aromatic carbocycles. The Bertz CT molecular complexity index is 993. The maximum Gasteiger partial charge on any atom is 0.260 e. The second-order valence-corrected chi connectivity index (χ2v) is 8.95. The molecule has 2 aliphatic heterocycles. The Morgan fingerprint density at radius 3 is 2.68 bits per heavy atom. The SMILES string of the molecule is CN1C(=O)[C@@H](O)c2cc(S(=O)(=O)N3CCC[C@H]3COc3ccccc3)ccc21. The van der Waals surface area contributed by atoms with Gasteiger partial charge in [-0.2, -0.15) is 4.31 Å². The predicted molar refractivity (Wildman–Crippen MR) is 104 cm³/mol. The molecule has 7 nitrogen and oxygen atoms in total. The van der Waals surface area contributed by atoms with Gasteiger partial charge in [0.1, 0.15) is 12.4 Å². The summed E-state index contributed by atoms with van der Waals surface area (Å²) in [4.78, 5) is 13.4. The number of rotatable bonds is 5. The van der Waals surface area contributed by atoms with Gasteiger partial charge in [0.2, 0.25) is 10.0 Å². The van der Waals surface area contributed by atoms with Gasteiger partial charge in [-0.05, 0) is 43.2 Å². The Kier molecular flexibility index (Phi) is 4.86. The molecule has 0 aliphatic carbocycles. The number of nitrogens with zero attached hydrogens (tertiary/aromatic N) is 2. The van der Waals surface area contributed by atoms with E-state index in [4.69, 9.17) is 4.74 Å². The van der Waals surface area contributed by atoms with E-state index in [-0.39, 0.29) is 17.5 Å². The molecule has 2 heterocycles. The van der Waals surface area contributed by atoms with Crippen LogP contribution in [0.5, 0.6) is 5.75 Å². The largest absolute Gasteiger partial charge is 0.492 e. The fourth-order valence-electron chi connectivity index (χ4n) is 3.79. The van der Waals surface area contributed by atoms with E-state index in [1.165, 1.54) is 21.3 Å². The minimum Gasteiger partial charge on any atom is -0.492 e. The molecule has 0 aromatic heterocycles. The van der Waals surface area contributed by atoms with Crippen LogP contribution in [0, 0.1) is 0 Å². The third-order valence-electron chi connectivity index (χ3n) is 5.33. The molecule has 4 rings (SSSR count). The Balaban J connectivity index is 1.57. The molecule has 2 aromatic rings. The van der Waals surface area contributed by atoms with Crippen molar-refractivity contribution >= 4 is 21.6 Å². The summed E-state index contributed by atoms with van der Waals surface area (Å²) in [5.41, 5.74) is 0.853. The van der Waals surface area contributed by atoms with E-state index >= 15 is 0 Å². The molecule has 148 valence electrons. The monoisotopic (exact) mass is 402 g/mol. The van der Waals surface area contributed by atoms with Gasteiger partial charge in [-0.1, -0.05) is 18.2 Å². The number of ether oxygens (including phenoxy) is 1. The highest BCUT2D eigenvalue weighted by Gasteiger charge is 2.38. The summed E-state index contributed by atoms with van der Waals surface area (Å²) in [6.07, 6.45) is 0.156. The summed E-state index contributed by atoms with van der Waals surface area (Å²) in [5, 5.41) is 10.1. The van der Waals surface area contributed by atoms with Crippen LogP contribution in [0.4, 0.5) is 5.69 Å². The highest BCUT2D eigenvalue weighted by atomic mass is 32.2. The smallest absolute Gasteiger partial charge is 0.260 e. The van der Waals surface area contributed by atoms with Crippen LogP contribution in [0.1, 0.15) is 24.5 Å². The van der Waals surface area contributed by atoms with Gasteiger partial charge < -0.3 is 14.7 Å². The predicted octanol–water partition coefficient (Wildman–Crippen LogP) is 1.93. The van der Waals surface area contributed by atoms with Crippen molar-refractivity contribution in [3.63, 3.8) is 0 Å². The van der Waals surface area contributed by atoms with Crippen molar-refractivity contribution in [1.29, 1.82) is 0 Å². The second kappa shape index (κ2) is 7.20. The van der Waals surface area contributed by atoms with E-state index in [2.05, 4.69) is 0 Å². The number of aliphatic hydroxyl groups excluding tert-OH is 1. The number of hydrogen-bond donors (Lipinski definition) is 1. The third-order valence-corrected chi connectivity index (χ3v) is 7.28. The molecule has 1 N–H and O–H groups in total. The number of likely N-dealkylation sites (N-methyl/N-ethyl adjacent to an activating group) is 1. The number of hydrogen-bond acceptors (Lipinski definition) is 5. The van der Waals surface area contributed by atoms with Crippen molar-refractivity contribution in [3.8, 4) is 5.75 Å². The van der Waals surface area contributed by atoms with E-state index < -0.39 is 22.0 Å². The van der Waals surface area contributed by atoms with Gasteiger partial charge >= 0.3 is 0 Å². The molecule has 8 heteroatoms. The molecule has 1 fully saturated rings. The first-order valence-corrected chi connectivity index (χ1v) is 10.6. The lowest BCUT2D eigenvalue weighted by molar-refractivity contribution is -0.125. The maximum absolute atomic E-state index is 13.2. The van der Waals surface area contributed by atoms with Gasteiger partial charge in [0.15, 0.2) is 6.10 Å². The molecule has 28 heavy (non-hydrogen) atoms. The zero-order valence-electron chi connectivity index (χ0n) is 15.5. The number of aliphatic hydroxyl groups is 1. The van der Waals surface area contributed by atoms with Crippen molar-refractivity contribution < 1.29 is 23.1 Å². The van der Waals surface area contributed by atoms with Gasteiger partial charge in [0.25, 0.3) is 5.91 Å². The summed E-state index contributed by atoms with van der Waals surface area (Å²) in [6.45, 7) is 0.696. The lowest BCUT2D eigenvalue weighted by Gasteiger charge is -2.24. The summed E-state index contributed by atoms with van der Waals surface area (Å²) in [7, 11) is -2.20. The molecule has 2 atom stereocenters. The number of anilines is 1. The average Bonchev–Trinajstić information content (AvgIpc) is 3.27. The van der Waals surface area contributed by atoms with Crippen molar-refractivity contribution in [1.82, 2.24) is 4.31 Å². The van der Waals surface area contributed by atoms with Crippen molar-refractivity contribution in [2.75, 3.05) is 25.1 Å². The molecule has 2 aliphatic rings. The molecule has 1 amide bonds. The third kappa shape index (κ3) is 3.17. The molecule has 0 bridgehead atoms. The average molecular weight is 402 g/mol. The molecule has 0 spiro atoms. The molecule has 0 radical (unpaired) electrons. The number of amides is 1. The molecule has 0 unspecified atom stereocenters. The highest BCUT2D eigenvalue weighted by Crippen LogP contribution is 2.37. The van der Waals surface area contributed by atoms with E-state index in [1.807, 2.05) is 30.3 Å². The Morgan fingerprint density at radius 2 is 1.93 bits per heavy atom. The highest BCUT2D eigenvalue weighted by molar-refractivity contribution is 7.89. The first kappa shape index (κ1) is 18.9. The Morgan fingerprint density at radius 1 is 1.18 bits per heavy atom. The number of sulfonamides is 1. The first-order valence-electron chi connectivity index (χ1n) is 9.19.